The van der Waals surface area contributed by atoms with E-state index in [1.54, 1.807) is 6.07 Å². The van der Waals surface area contributed by atoms with Crippen molar-refractivity contribution in [2.75, 3.05) is 51.0 Å². The van der Waals surface area contributed by atoms with E-state index in [4.69, 9.17) is 9.47 Å². The van der Waals surface area contributed by atoms with Crippen molar-refractivity contribution >= 4 is 11.6 Å². The lowest BCUT2D eigenvalue weighted by molar-refractivity contribution is -0.146. The Labute approximate surface area is 221 Å². The number of hydrogen-bond acceptors (Lipinski definition) is 5. The fourth-order valence-corrected chi connectivity index (χ4v) is 6.20. The number of ether oxygens (including phenoxy) is 2. The van der Waals surface area contributed by atoms with Crippen LogP contribution in [0.15, 0.2) is 42.5 Å². The number of piperidine rings is 1. The number of anilines is 1. The largest absolute Gasteiger partial charge is 0.454 e. The van der Waals surface area contributed by atoms with Crippen LogP contribution in [0, 0.1) is 11.3 Å². The van der Waals surface area contributed by atoms with Crippen LogP contribution in [0.5, 0.6) is 11.5 Å². The van der Waals surface area contributed by atoms with E-state index >= 15 is 0 Å². The van der Waals surface area contributed by atoms with E-state index in [9.17, 15) is 18.0 Å². The summed E-state index contributed by atoms with van der Waals surface area (Å²) in [7, 11) is 0. The van der Waals surface area contributed by atoms with Crippen LogP contribution in [-0.2, 0) is 17.5 Å². The van der Waals surface area contributed by atoms with E-state index in [1.807, 2.05) is 21.9 Å². The third kappa shape index (κ3) is 5.30. The molecule has 0 radical (unpaired) electrons. The summed E-state index contributed by atoms with van der Waals surface area (Å²) in [4.78, 5) is 20.3. The predicted octanol–water partition coefficient (Wildman–Crippen LogP) is 5.17. The van der Waals surface area contributed by atoms with Crippen LogP contribution in [-0.4, -0.2) is 61.8 Å². The lowest BCUT2D eigenvalue weighted by Gasteiger charge is -2.45. The number of likely N-dealkylation sites (tertiary alicyclic amines) is 1. The van der Waals surface area contributed by atoms with Gasteiger partial charge in [0.2, 0.25) is 12.7 Å². The third-order valence-electron chi connectivity index (χ3n) is 8.59. The Morgan fingerprint density at radius 2 is 1.66 bits per heavy atom. The fraction of sp³-hybridized carbons (Fsp3) is 0.552. The molecule has 0 aromatic heterocycles. The van der Waals surface area contributed by atoms with E-state index in [1.165, 1.54) is 30.5 Å². The quantitative estimate of drug-likeness (QED) is 0.517. The molecule has 6 nitrogen and oxygen atoms in total. The van der Waals surface area contributed by atoms with Gasteiger partial charge in [0.15, 0.2) is 11.5 Å². The summed E-state index contributed by atoms with van der Waals surface area (Å²) in [5, 5.41) is 0. The number of hydrogen-bond donors (Lipinski definition) is 0. The zero-order valence-corrected chi connectivity index (χ0v) is 21.5. The number of carbonyl (C=O) groups is 1. The second kappa shape index (κ2) is 9.98. The Balaban J connectivity index is 1.08. The molecule has 0 N–H and O–H groups in total. The summed E-state index contributed by atoms with van der Waals surface area (Å²) in [6, 6.07) is 11.6. The van der Waals surface area contributed by atoms with Crippen LogP contribution in [0.2, 0.25) is 0 Å². The van der Waals surface area contributed by atoms with Gasteiger partial charge in [-0.1, -0.05) is 25.0 Å². The van der Waals surface area contributed by atoms with Gasteiger partial charge in [0.1, 0.15) is 0 Å². The van der Waals surface area contributed by atoms with Gasteiger partial charge in [0.05, 0.1) is 11.0 Å². The Kier molecular flexibility index (Phi) is 6.66. The summed E-state index contributed by atoms with van der Waals surface area (Å²) in [6.07, 6.45) is 0.706. The van der Waals surface area contributed by atoms with Crippen molar-refractivity contribution in [3.8, 4) is 11.5 Å². The lowest BCUT2D eigenvalue weighted by Crippen LogP contribution is -2.55. The second-order valence-corrected chi connectivity index (χ2v) is 11.2. The molecule has 0 unspecified atom stereocenters. The first-order valence-corrected chi connectivity index (χ1v) is 13.6. The first-order valence-electron chi connectivity index (χ1n) is 13.6. The molecule has 1 aliphatic carbocycles. The SMILES string of the molecule is O=C(N1CCN(c2cccc(C(F)(F)F)c2)CC1)C1(CC2CC2)CCN(Cc2ccc3c(c2)OCO3)CC1. The molecule has 204 valence electrons. The number of rotatable bonds is 6. The van der Waals surface area contributed by atoms with Gasteiger partial charge in [0.25, 0.3) is 0 Å². The average Bonchev–Trinajstić information content (AvgIpc) is 3.61. The van der Waals surface area contributed by atoms with Crippen LogP contribution < -0.4 is 14.4 Å². The first kappa shape index (κ1) is 25.3. The summed E-state index contributed by atoms with van der Waals surface area (Å²) in [6.45, 7) is 5.01. The molecular formula is C29H34F3N3O3. The minimum Gasteiger partial charge on any atom is -0.454 e. The van der Waals surface area contributed by atoms with Crippen LogP contribution in [0.4, 0.5) is 18.9 Å². The van der Waals surface area contributed by atoms with Gasteiger partial charge in [-0.3, -0.25) is 9.69 Å². The number of carbonyl (C=O) groups excluding carboxylic acids is 1. The maximum atomic E-state index is 14.0. The van der Waals surface area contributed by atoms with Crippen molar-refractivity contribution in [2.24, 2.45) is 11.3 Å². The first-order chi connectivity index (χ1) is 18.3. The average molecular weight is 530 g/mol. The van der Waals surface area contributed by atoms with Gasteiger partial charge in [-0.05, 0) is 74.2 Å². The van der Waals surface area contributed by atoms with Gasteiger partial charge < -0.3 is 19.3 Å². The normalized spacial score (nSPS) is 21.6. The Morgan fingerprint density at radius 1 is 0.921 bits per heavy atom. The molecule has 3 fully saturated rings. The topological polar surface area (TPSA) is 45.3 Å². The molecule has 2 saturated heterocycles. The lowest BCUT2D eigenvalue weighted by atomic mass is 9.72. The summed E-state index contributed by atoms with van der Waals surface area (Å²) in [5.74, 6) is 2.47. The summed E-state index contributed by atoms with van der Waals surface area (Å²) in [5.41, 5.74) is 0.784. The highest BCUT2D eigenvalue weighted by Crippen LogP contribution is 2.47. The number of benzene rings is 2. The van der Waals surface area contributed by atoms with Crippen molar-refractivity contribution in [1.82, 2.24) is 9.80 Å². The molecule has 2 aromatic rings. The Hall–Kier alpha value is -2.94. The third-order valence-corrected chi connectivity index (χ3v) is 8.59. The Morgan fingerprint density at radius 3 is 2.37 bits per heavy atom. The Bertz CT molecular complexity index is 1170. The minimum absolute atomic E-state index is 0.246. The van der Waals surface area contributed by atoms with Gasteiger partial charge in [-0.25, -0.2) is 0 Å². The molecule has 0 spiro atoms. The van der Waals surface area contributed by atoms with Crippen molar-refractivity contribution in [3.63, 3.8) is 0 Å². The molecule has 1 saturated carbocycles. The van der Waals surface area contributed by atoms with E-state index in [0.29, 0.717) is 37.8 Å². The molecule has 3 heterocycles. The molecule has 9 heteroatoms. The van der Waals surface area contributed by atoms with Crippen LogP contribution in [0.3, 0.4) is 0 Å². The van der Waals surface area contributed by atoms with E-state index in [-0.39, 0.29) is 18.1 Å². The fourth-order valence-electron chi connectivity index (χ4n) is 6.20. The number of alkyl halides is 3. The van der Waals surface area contributed by atoms with E-state index in [2.05, 4.69) is 11.0 Å². The highest BCUT2D eigenvalue weighted by atomic mass is 19.4. The van der Waals surface area contributed by atoms with Gasteiger partial charge >= 0.3 is 6.18 Å². The smallest absolute Gasteiger partial charge is 0.416 e. The standard InChI is InChI=1S/C29H34F3N3O3/c30-29(31,32)23-2-1-3-24(17-23)34-12-14-35(15-13-34)27(36)28(18-21-4-5-21)8-10-33(11-9-28)19-22-6-7-25-26(16-22)38-20-37-25/h1-3,6-7,16-17,21H,4-5,8-15,18-20H2. The molecule has 38 heavy (non-hydrogen) atoms. The van der Waals surface area contributed by atoms with Crippen molar-refractivity contribution in [3.05, 3.63) is 53.6 Å². The number of amides is 1. The molecule has 1 amide bonds. The van der Waals surface area contributed by atoms with Crippen molar-refractivity contribution in [1.29, 1.82) is 0 Å². The molecular weight excluding hydrogens is 495 g/mol. The molecule has 4 aliphatic rings. The molecule has 6 rings (SSSR count). The van der Waals surface area contributed by atoms with Crippen molar-refractivity contribution < 1.29 is 27.4 Å². The van der Waals surface area contributed by atoms with E-state index in [0.717, 1.165) is 56.5 Å². The molecule has 2 aromatic carbocycles. The minimum atomic E-state index is -4.36. The van der Waals surface area contributed by atoms with Crippen LogP contribution in [0.1, 0.15) is 43.2 Å². The molecule has 3 aliphatic heterocycles. The highest BCUT2D eigenvalue weighted by molar-refractivity contribution is 5.83. The van der Waals surface area contributed by atoms with Gasteiger partial charge in [-0.2, -0.15) is 13.2 Å². The number of halogens is 3. The summed E-state index contributed by atoms with van der Waals surface area (Å²) < 4.78 is 50.5. The monoisotopic (exact) mass is 529 g/mol. The van der Waals surface area contributed by atoms with Gasteiger partial charge in [-0.15, -0.1) is 0 Å². The number of nitrogens with zero attached hydrogens (tertiary/aromatic N) is 3. The van der Waals surface area contributed by atoms with Gasteiger partial charge in [0, 0.05) is 38.4 Å². The maximum absolute atomic E-state index is 14.0. The van der Waals surface area contributed by atoms with Crippen LogP contribution >= 0.6 is 0 Å². The molecule has 0 bridgehead atoms. The van der Waals surface area contributed by atoms with Crippen molar-refractivity contribution in [2.45, 2.75) is 44.8 Å². The number of piperazine rings is 1. The summed E-state index contributed by atoms with van der Waals surface area (Å²) >= 11 is 0. The predicted molar refractivity (Wildman–Crippen MR) is 137 cm³/mol. The van der Waals surface area contributed by atoms with E-state index < -0.39 is 11.7 Å². The number of fused-ring (bicyclic) bond motifs is 1. The highest BCUT2D eigenvalue weighted by Gasteiger charge is 2.47. The molecule has 0 atom stereocenters. The maximum Gasteiger partial charge on any atom is 0.416 e. The van der Waals surface area contributed by atoms with Crippen LogP contribution in [0.25, 0.3) is 0 Å². The zero-order chi connectivity index (χ0) is 26.3. The zero-order valence-electron chi connectivity index (χ0n) is 21.5. The second-order valence-electron chi connectivity index (χ2n) is 11.2.